The minimum Gasteiger partial charge on any atom is -0.433 e. The molecule has 1 N–H and O–H groups in total. The Morgan fingerprint density at radius 3 is 2.49 bits per heavy atom. The Morgan fingerprint density at radius 2 is 1.85 bits per heavy atom. The second kappa shape index (κ2) is 14.6. The first-order chi connectivity index (χ1) is 22.4. The number of pyridine rings is 1. The van der Waals surface area contributed by atoms with Gasteiger partial charge in [-0.2, -0.15) is 17.6 Å². The predicted molar refractivity (Wildman–Crippen MR) is 156 cm³/mol. The van der Waals surface area contributed by atoms with E-state index in [1.54, 1.807) is 29.4 Å². The molecule has 10 nitrogen and oxygen atoms in total. The number of halogens is 5. The SMILES string of the molecule is O=C(NS(=O)(=O)c1cccc(F)c1)c1ccc(N(Cc2cccnc2)C2=CC=C(OC(F)F)[C@@](OC(F)F)(OC3CCCO3)C2)cc1. The zero-order chi connectivity index (χ0) is 33.6. The van der Waals surface area contributed by atoms with Crippen molar-refractivity contribution in [2.45, 2.75) is 56.0 Å². The molecule has 1 unspecified atom stereocenters. The molecule has 0 spiro atoms. The summed E-state index contributed by atoms with van der Waals surface area (Å²) in [5, 5.41) is 0. The van der Waals surface area contributed by atoms with Crippen LogP contribution >= 0.6 is 0 Å². The summed E-state index contributed by atoms with van der Waals surface area (Å²) >= 11 is 0. The molecule has 1 aliphatic heterocycles. The number of allylic oxidation sites excluding steroid dienone is 2. The quantitative estimate of drug-likeness (QED) is 0.175. The maximum absolute atomic E-state index is 13.9. The molecule has 2 heterocycles. The van der Waals surface area contributed by atoms with Crippen LogP contribution in [0.15, 0.2) is 102 Å². The van der Waals surface area contributed by atoms with E-state index < -0.39 is 64.1 Å². The first kappa shape index (κ1) is 34.0. The number of aromatic nitrogens is 1. The average molecular weight is 682 g/mol. The van der Waals surface area contributed by atoms with E-state index in [4.69, 9.17) is 14.2 Å². The number of sulfonamides is 1. The van der Waals surface area contributed by atoms with Gasteiger partial charge < -0.3 is 19.1 Å². The monoisotopic (exact) mass is 681 g/mol. The molecule has 1 fully saturated rings. The van der Waals surface area contributed by atoms with Gasteiger partial charge in [-0.05, 0) is 72.7 Å². The number of carbonyl (C=O) groups is 1. The number of amides is 1. The number of benzene rings is 2. The molecule has 5 rings (SSSR count). The molecule has 16 heteroatoms. The Balaban J connectivity index is 1.48. The number of ether oxygens (including phenoxy) is 4. The third-order valence-electron chi connectivity index (χ3n) is 7.11. The lowest BCUT2D eigenvalue weighted by atomic mass is 9.99. The van der Waals surface area contributed by atoms with Crippen molar-refractivity contribution < 1.29 is 54.1 Å². The summed E-state index contributed by atoms with van der Waals surface area (Å²) in [6, 6.07) is 13.1. The van der Waals surface area contributed by atoms with E-state index in [1.165, 1.54) is 36.4 Å². The lowest BCUT2D eigenvalue weighted by Gasteiger charge is -2.41. The Bertz CT molecular complexity index is 1720. The molecule has 47 heavy (non-hydrogen) atoms. The maximum Gasteiger partial charge on any atom is 0.387 e. The van der Waals surface area contributed by atoms with Crippen molar-refractivity contribution in [1.29, 1.82) is 0 Å². The van der Waals surface area contributed by atoms with E-state index in [9.17, 15) is 35.2 Å². The van der Waals surface area contributed by atoms with Crippen molar-refractivity contribution in [3.63, 3.8) is 0 Å². The topological polar surface area (TPSA) is 116 Å². The van der Waals surface area contributed by atoms with Gasteiger partial charge >= 0.3 is 13.2 Å². The van der Waals surface area contributed by atoms with E-state index in [0.29, 0.717) is 24.1 Å². The molecule has 3 aromatic rings. The van der Waals surface area contributed by atoms with Gasteiger partial charge in [-0.1, -0.05) is 12.1 Å². The summed E-state index contributed by atoms with van der Waals surface area (Å²) < 4.78 is 116. The molecule has 250 valence electrons. The summed E-state index contributed by atoms with van der Waals surface area (Å²) in [6.45, 7) is -6.47. The van der Waals surface area contributed by atoms with Crippen LogP contribution in [-0.2, 0) is 35.5 Å². The van der Waals surface area contributed by atoms with Gasteiger partial charge in [0.2, 0.25) is 5.79 Å². The molecule has 1 amide bonds. The third kappa shape index (κ3) is 8.51. The normalized spacial score (nSPS) is 19.8. The van der Waals surface area contributed by atoms with Crippen molar-refractivity contribution in [3.8, 4) is 0 Å². The van der Waals surface area contributed by atoms with Crippen LogP contribution in [0, 0.1) is 5.82 Å². The lowest BCUT2D eigenvalue weighted by Crippen LogP contribution is -2.47. The van der Waals surface area contributed by atoms with Gasteiger partial charge in [-0.15, -0.1) is 0 Å². The molecule has 1 aromatic heterocycles. The minimum atomic E-state index is -4.40. The van der Waals surface area contributed by atoms with E-state index in [2.05, 4.69) is 9.72 Å². The number of rotatable bonds is 13. The van der Waals surface area contributed by atoms with Crippen molar-refractivity contribution in [2.24, 2.45) is 0 Å². The van der Waals surface area contributed by atoms with Gasteiger partial charge in [0.15, 0.2) is 12.0 Å². The highest BCUT2D eigenvalue weighted by Crippen LogP contribution is 2.42. The smallest absolute Gasteiger partial charge is 0.387 e. The molecular weight excluding hydrogens is 653 g/mol. The number of alkyl halides is 4. The second-order valence-corrected chi connectivity index (χ2v) is 12.0. The lowest BCUT2D eigenvalue weighted by molar-refractivity contribution is -0.350. The van der Waals surface area contributed by atoms with E-state index in [1.807, 2.05) is 4.72 Å². The van der Waals surface area contributed by atoms with Gasteiger partial charge in [-0.25, -0.2) is 17.5 Å². The van der Waals surface area contributed by atoms with E-state index in [-0.39, 0.29) is 24.4 Å². The van der Waals surface area contributed by atoms with Crippen molar-refractivity contribution >= 4 is 21.6 Å². The van der Waals surface area contributed by atoms with E-state index >= 15 is 0 Å². The highest BCUT2D eigenvalue weighted by molar-refractivity contribution is 7.90. The predicted octanol–water partition coefficient (Wildman–Crippen LogP) is 5.85. The number of nitrogens with one attached hydrogen (secondary N) is 1. The first-order valence-corrected chi connectivity index (χ1v) is 15.6. The molecule has 1 saturated heterocycles. The van der Waals surface area contributed by atoms with Crippen molar-refractivity contribution in [1.82, 2.24) is 9.71 Å². The van der Waals surface area contributed by atoms with Crippen LogP contribution in [0.3, 0.4) is 0 Å². The fourth-order valence-electron chi connectivity index (χ4n) is 5.02. The number of hydrogen-bond acceptors (Lipinski definition) is 9. The van der Waals surface area contributed by atoms with Crippen LogP contribution in [0.25, 0.3) is 0 Å². The fraction of sp³-hybridized carbons (Fsp3) is 0.290. The largest absolute Gasteiger partial charge is 0.433 e. The Kier molecular flexibility index (Phi) is 10.5. The van der Waals surface area contributed by atoms with Crippen LogP contribution in [-0.4, -0.2) is 51.2 Å². The second-order valence-electron chi connectivity index (χ2n) is 10.3. The molecule has 2 aromatic carbocycles. The Hall–Kier alpha value is -4.38. The Morgan fingerprint density at radius 1 is 1.06 bits per heavy atom. The summed E-state index contributed by atoms with van der Waals surface area (Å²) in [4.78, 5) is 18.1. The highest BCUT2D eigenvalue weighted by Gasteiger charge is 2.48. The van der Waals surface area contributed by atoms with Crippen molar-refractivity contribution in [3.05, 3.63) is 114 Å². The van der Waals surface area contributed by atoms with Gasteiger partial charge in [0.05, 0.1) is 11.3 Å². The fourth-order valence-corrected chi connectivity index (χ4v) is 6.02. The third-order valence-corrected chi connectivity index (χ3v) is 8.44. The summed E-state index contributed by atoms with van der Waals surface area (Å²) in [6.07, 6.45) is 4.82. The average Bonchev–Trinajstić information content (AvgIpc) is 3.53. The molecule has 2 aliphatic rings. The molecule has 1 aliphatic carbocycles. The van der Waals surface area contributed by atoms with Gasteiger partial charge in [0, 0.05) is 48.9 Å². The van der Waals surface area contributed by atoms with Gasteiger partial charge in [0.25, 0.3) is 15.9 Å². The number of carbonyl (C=O) groups excluding carboxylic acids is 1. The molecule has 2 atom stereocenters. The van der Waals surface area contributed by atoms with Crippen LogP contribution in [0.5, 0.6) is 0 Å². The maximum atomic E-state index is 13.9. The van der Waals surface area contributed by atoms with Crippen LogP contribution < -0.4 is 9.62 Å². The molecule has 0 saturated carbocycles. The minimum absolute atomic E-state index is 0.0720. The van der Waals surface area contributed by atoms with Gasteiger partial charge in [-0.3, -0.25) is 14.5 Å². The Labute approximate surface area is 266 Å². The van der Waals surface area contributed by atoms with Crippen LogP contribution in [0.4, 0.5) is 27.6 Å². The molecular formula is C31H28F5N3O7S. The van der Waals surface area contributed by atoms with Crippen LogP contribution in [0.1, 0.15) is 35.2 Å². The number of anilines is 1. The summed E-state index contributed by atoms with van der Waals surface area (Å²) in [7, 11) is -4.40. The zero-order valence-electron chi connectivity index (χ0n) is 24.4. The van der Waals surface area contributed by atoms with Crippen molar-refractivity contribution in [2.75, 3.05) is 11.5 Å². The highest BCUT2D eigenvalue weighted by atomic mass is 32.2. The number of hydrogen-bond donors (Lipinski definition) is 1. The molecule has 0 bridgehead atoms. The summed E-state index contributed by atoms with van der Waals surface area (Å²) in [5.41, 5.74) is 1.24. The molecule has 0 radical (unpaired) electrons. The number of nitrogens with zero attached hydrogens (tertiary/aromatic N) is 2. The van der Waals surface area contributed by atoms with E-state index in [0.717, 1.165) is 24.3 Å². The first-order valence-electron chi connectivity index (χ1n) is 14.1. The standard InChI is InChI=1S/C31H28F5N3O7S/c32-22-5-1-6-25(16-22)47(41,42)38-28(40)21-8-10-23(11-9-21)39(19-20-4-2-14-37-18-20)24-12-13-26(44-29(33)34)31(17-24,46-30(35)36)45-27-7-3-15-43-27/h1-2,4-6,8-14,16,18,27,29-30H,3,7,15,17,19H2,(H,38,40)/t27?,31-/m1/s1. The van der Waals surface area contributed by atoms with Crippen LogP contribution in [0.2, 0.25) is 0 Å². The zero-order valence-corrected chi connectivity index (χ0v) is 25.2. The summed E-state index contributed by atoms with van der Waals surface area (Å²) in [5.74, 6) is -4.98. The van der Waals surface area contributed by atoms with Gasteiger partial charge in [0.1, 0.15) is 5.82 Å².